The van der Waals surface area contributed by atoms with Crippen molar-refractivity contribution in [2.75, 3.05) is 21.2 Å². The first-order chi connectivity index (χ1) is 23.1. The highest BCUT2D eigenvalue weighted by atomic mass is 35.5. The number of benzene rings is 3. The van der Waals surface area contributed by atoms with Crippen molar-refractivity contribution in [2.45, 2.75) is 37.8 Å². The molecule has 0 saturated carbocycles. The summed E-state index contributed by atoms with van der Waals surface area (Å²) in [5, 5.41) is 1.70. The fraction of sp³-hybridized carbons (Fsp3) is 0.250. The Balaban J connectivity index is 0.000000191. The van der Waals surface area contributed by atoms with E-state index in [-0.39, 0.29) is 36.6 Å². The zero-order valence-corrected chi connectivity index (χ0v) is 29.9. The average molecular weight is 721 g/mol. The summed E-state index contributed by atoms with van der Waals surface area (Å²) in [4.78, 5) is 40.5. The molecule has 0 spiro atoms. The number of halogens is 3. The van der Waals surface area contributed by atoms with Crippen molar-refractivity contribution in [1.29, 1.82) is 0 Å². The Kier molecular flexibility index (Phi) is 10.2. The van der Waals surface area contributed by atoms with E-state index in [4.69, 9.17) is 51.0 Å². The molecule has 3 heterocycles. The molecule has 1 aromatic heterocycles. The van der Waals surface area contributed by atoms with Crippen molar-refractivity contribution < 1.29 is 14.3 Å². The number of nitrogens with zero attached hydrogens (tertiary/aromatic N) is 5. The van der Waals surface area contributed by atoms with Crippen molar-refractivity contribution in [2.24, 2.45) is 21.5 Å². The molecule has 2 aliphatic heterocycles. The summed E-state index contributed by atoms with van der Waals surface area (Å²) in [6.45, 7) is 3.80. The Bertz CT molecular complexity index is 1980. The first kappa shape index (κ1) is 35.7. The average Bonchev–Trinajstić information content (AvgIpc) is 3.06. The van der Waals surface area contributed by atoms with Crippen molar-refractivity contribution in [3.63, 3.8) is 0 Å². The Morgan fingerprint density at radius 1 is 0.735 bits per heavy atom. The van der Waals surface area contributed by atoms with Crippen LogP contribution in [0.5, 0.6) is 5.75 Å². The molecule has 254 valence electrons. The van der Waals surface area contributed by atoms with Gasteiger partial charge in [-0.2, -0.15) is 0 Å². The van der Waals surface area contributed by atoms with Gasteiger partial charge in [0.15, 0.2) is 11.9 Å². The standard InChI is InChI=1S/C19H20ClN3O2.C17H16Cl2N4O/c1-19(11-17(24)23(2)18(21)22-19)13-6-4-5-12(9-13)15-10-14(25-3)7-8-16(15)20;1-17(9-15(24)23(2)16(20)22-17)11-3-4-21-14(7-11)10-5-12(18)8-13(19)6-10/h4-10H,11H2,1-3H3,(H2,21,22);3-8H,9H2,1-2H3,(H2,20,22)/t19-;17-/m00/s1. The topological polar surface area (TPSA) is 140 Å². The lowest BCUT2D eigenvalue weighted by atomic mass is 9.86. The van der Waals surface area contributed by atoms with Gasteiger partial charge in [0.2, 0.25) is 11.8 Å². The summed E-state index contributed by atoms with van der Waals surface area (Å²) in [6.07, 6.45) is 2.18. The highest BCUT2D eigenvalue weighted by molar-refractivity contribution is 6.35. The minimum absolute atomic E-state index is 0.0557. The Morgan fingerprint density at radius 3 is 1.86 bits per heavy atom. The summed E-state index contributed by atoms with van der Waals surface area (Å²) in [7, 11) is 4.87. The predicted octanol–water partition coefficient (Wildman–Crippen LogP) is 6.86. The third-order valence-electron chi connectivity index (χ3n) is 8.66. The molecular formula is C36H36Cl3N7O3. The minimum atomic E-state index is -0.728. The number of aromatic nitrogens is 1. The molecule has 4 N–H and O–H groups in total. The van der Waals surface area contributed by atoms with E-state index in [1.807, 2.05) is 62.4 Å². The van der Waals surface area contributed by atoms with E-state index in [2.05, 4.69) is 15.0 Å². The molecule has 6 rings (SSSR count). The number of carbonyl (C=O) groups excluding carboxylic acids is 2. The summed E-state index contributed by atoms with van der Waals surface area (Å²) in [5.74, 6) is 1.03. The maximum Gasteiger partial charge on any atom is 0.231 e. The third-order valence-corrected chi connectivity index (χ3v) is 9.42. The molecule has 10 nitrogen and oxygen atoms in total. The number of hydrogen-bond acceptors (Lipinski definition) is 8. The van der Waals surface area contributed by atoms with E-state index >= 15 is 0 Å². The molecule has 0 unspecified atom stereocenters. The van der Waals surface area contributed by atoms with Crippen LogP contribution < -0.4 is 16.2 Å². The predicted molar refractivity (Wildman–Crippen MR) is 196 cm³/mol. The van der Waals surface area contributed by atoms with Crippen LogP contribution in [0.25, 0.3) is 22.4 Å². The molecule has 0 radical (unpaired) electrons. The molecule has 0 saturated heterocycles. The number of pyridine rings is 1. The number of hydrogen-bond donors (Lipinski definition) is 2. The molecule has 49 heavy (non-hydrogen) atoms. The van der Waals surface area contributed by atoms with Gasteiger partial charge >= 0.3 is 0 Å². The smallest absolute Gasteiger partial charge is 0.231 e. The molecule has 13 heteroatoms. The minimum Gasteiger partial charge on any atom is -0.497 e. The van der Waals surface area contributed by atoms with Crippen LogP contribution in [0.2, 0.25) is 15.1 Å². The molecule has 0 fully saturated rings. The number of aliphatic imine (C=N–C) groups is 2. The lowest BCUT2D eigenvalue weighted by Crippen LogP contribution is -2.47. The monoisotopic (exact) mass is 719 g/mol. The molecule has 4 aromatic rings. The second-order valence-electron chi connectivity index (χ2n) is 12.3. The SMILES string of the molecule is CN1C(=O)C[C@@](C)(c2ccnc(-c3cc(Cl)cc(Cl)c3)c2)N=C1N.COc1ccc(Cl)c(-c2cccc([C@]3(C)CC(=O)N(C)C(N)=N3)c2)c1. The van der Waals surface area contributed by atoms with Gasteiger partial charge in [-0.15, -0.1) is 0 Å². The Labute approximate surface area is 300 Å². The van der Waals surface area contributed by atoms with E-state index in [9.17, 15) is 9.59 Å². The second-order valence-corrected chi connectivity index (χ2v) is 13.5. The van der Waals surface area contributed by atoms with Crippen LogP contribution in [0.15, 0.2) is 89.0 Å². The maximum atomic E-state index is 12.2. The lowest BCUT2D eigenvalue weighted by Gasteiger charge is -2.33. The van der Waals surface area contributed by atoms with Crippen LogP contribution in [0.3, 0.4) is 0 Å². The number of guanidine groups is 2. The molecule has 2 atom stereocenters. The number of amides is 2. The van der Waals surface area contributed by atoms with Gasteiger partial charge < -0.3 is 16.2 Å². The lowest BCUT2D eigenvalue weighted by molar-refractivity contribution is -0.129. The first-order valence-corrected chi connectivity index (χ1v) is 16.4. The highest BCUT2D eigenvalue weighted by Crippen LogP contribution is 2.38. The molecule has 3 aromatic carbocycles. The van der Waals surface area contributed by atoms with E-state index in [0.29, 0.717) is 20.8 Å². The van der Waals surface area contributed by atoms with E-state index in [1.54, 1.807) is 51.7 Å². The highest BCUT2D eigenvalue weighted by Gasteiger charge is 2.37. The normalized spacial score (nSPS) is 20.7. The molecule has 0 aliphatic carbocycles. The van der Waals surface area contributed by atoms with Crippen LogP contribution in [0, 0.1) is 0 Å². The van der Waals surface area contributed by atoms with Gasteiger partial charge in [-0.1, -0.05) is 53.0 Å². The van der Waals surface area contributed by atoms with Gasteiger partial charge in [-0.25, -0.2) is 9.98 Å². The van der Waals surface area contributed by atoms with Crippen LogP contribution in [-0.2, 0) is 20.7 Å². The van der Waals surface area contributed by atoms with Crippen molar-refractivity contribution >= 4 is 58.5 Å². The Morgan fingerprint density at radius 2 is 1.31 bits per heavy atom. The Hall–Kier alpha value is -4.64. The molecule has 0 bridgehead atoms. The number of carbonyl (C=O) groups is 2. The van der Waals surface area contributed by atoms with E-state index in [1.165, 1.54) is 9.80 Å². The van der Waals surface area contributed by atoms with Crippen LogP contribution in [0.4, 0.5) is 0 Å². The quantitative estimate of drug-likeness (QED) is 0.231. The van der Waals surface area contributed by atoms with Crippen molar-refractivity contribution in [3.8, 4) is 28.1 Å². The fourth-order valence-corrected chi connectivity index (χ4v) is 6.40. The van der Waals surface area contributed by atoms with E-state index < -0.39 is 11.1 Å². The number of nitrogens with two attached hydrogens (primary N) is 2. The van der Waals surface area contributed by atoms with Gasteiger partial charge in [0.1, 0.15) is 5.75 Å². The van der Waals surface area contributed by atoms with Gasteiger partial charge in [0, 0.05) is 46.5 Å². The van der Waals surface area contributed by atoms with Gasteiger partial charge in [-0.05, 0) is 85.1 Å². The maximum absolute atomic E-state index is 12.2. The fourth-order valence-electron chi connectivity index (χ4n) is 5.65. The number of rotatable bonds is 5. The van der Waals surface area contributed by atoms with Crippen molar-refractivity contribution in [3.05, 3.63) is 105 Å². The van der Waals surface area contributed by atoms with Crippen molar-refractivity contribution in [1.82, 2.24) is 14.8 Å². The number of ether oxygens (including phenoxy) is 1. The summed E-state index contributed by atoms with van der Waals surface area (Å²) < 4.78 is 5.29. The summed E-state index contributed by atoms with van der Waals surface area (Å²) in [6, 6.07) is 22.3. The van der Waals surface area contributed by atoms with Gasteiger partial charge in [-0.3, -0.25) is 24.4 Å². The largest absolute Gasteiger partial charge is 0.497 e. The molecule has 2 aliphatic rings. The van der Waals surface area contributed by atoms with Crippen LogP contribution >= 0.6 is 34.8 Å². The first-order valence-electron chi connectivity index (χ1n) is 15.2. The van der Waals surface area contributed by atoms with Crippen LogP contribution in [-0.4, -0.2) is 59.7 Å². The third kappa shape index (κ3) is 7.67. The van der Waals surface area contributed by atoms with Crippen LogP contribution in [0.1, 0.15) is 37.8 Å². The summed E-state index contributed by atoms with van der Waals surface area (Å²) >= 11 is 18.5. The van der Waals surface area contributed by atoms with Gasteiger partial charge in [0.25, 0.3) is 0 Å². The van der Waals surface area contributed by atoms with E-state index in [0.717, 1.165) is 33.6 Å². The zero-order chi connectivity index (χ0) is 35.7. The van der Waals surface area contributed by atoms with Gasteiger partial charge in [0.05, 0.1) is 36.7 Å². The molecular weight excluding hydrogens is 685 g/mol. The summed E-state index contributed by atoms with van der Waals surface area (Å²) in [5.41, 5.74) is 15.4. The number of methoxy groups -OCH3 is 1. The molecule has 2 amide bonds. The zero-order valence-electron chi connectivity index (χ0n) is 27.7. The second kappa shape index (κ2) is 14.1.